The second-order valence-electron chi connectivity index (χ2n) is 8.97. The van der Waals surface area contributed by atoms with E-state index in [-0.39, 0.29) is 18.0 Å². The number of nitrogens with zero attached hydrogens (tertiary/aromatic N) is 2. The van der Waals surface area contributed by atoms with Gasteiger partial charge < -0.3 is 5.32 Å². The Morgan fingerprint density at radius 1 is 1.03 bits per heavy atom. The van der Waals surface area contributed by atoms with Gasteiger partial charge in [0, 0.05) is 22.3 Å². The van der Waals surface area contributed by atoms with Crippen LogP contribution in [0.2, 0.25) is 10.0 Å². The highest BCUT2D eigenvalue weighted by Crippen LogP contribution is 2.42. The molecule has 3 aromatic rings. The van der Waals surface area contributed by atoms with E-state index in [4.69, 9.17) is 23.2 Å². The molecule has 1 unspecified atom stereocenters. The standard InChI is InChI=1S/C29H25Cl2N3O2S/c1-18(2)21-8-10-24(11-9-21)34-28(36)26(14-20-12-22(30)15-23(31)13-20)37-29(34)25(16-32)27(35)33-17-19-6-4-3-5-7-19/h3-13,15,18,26H,14,17H2,1-2H3,(H,33,35)/b29-25-. The van der Waals surface area contributed by atoms with Crippen molar-refractivity contribution in [2.24, 2.45) is 0 Å². The first-order valence-electron chi connectivity index (χ1n) is 11.8. The molecule has 0 aromatic heterocycles. The van der Waals surface area contributed by atoms with Gasteiger partial charge in [0.2, 0.25) is 5.91 Å². The van der Waals surface area contributed by atoms with Gasteiger partial charge in [0.05, 0.1) is 5.25 Å². The highest BCUT2D eigenvalue weighted by molar-refractivity contribution is 8.05. The second kappa shape index (κ2) is 11.9. The van der Waals surface area contributed by atoms with Gasteiger partial charge in [-0.25, -0.2) is 0 Å². The summed E-state index contributed by atoms with van der Waals surface area (Å²) in [6.45, 7) is 4.45. The summed E-state index contributed by atoms with van der Waals surface area (Å²) in [6, 6.07) is 24.3. The quantitative estimate of drug-likeness (QED) is 0.258. The fourth-order valence-electron chi connectivity index (χ4n) is 4.04. The Labute approximate surface area is 231 Å². The molecule has 1 fully saturated rings. The van der Waals surface area contributed by atoms with Crippen molar-refractivity contribution in [2.75, 3.05) is 4.90 Å². The Kier molecular flexibility index (Phi) is 8.60. The molecule has 2 amide bonds. The zero-order valence-electron chi connectivity index (χ0n) is 20.4. The maximum absolute atomic E-state index is 13.7. The van der Waals surface area contributed by atoms with Crippen molar-refractivity contribution < 1.29 is 9.59 Å². The molecule has 0 saturated carbocycles. The Hall–Kier alpha value is -3.24. The summed E-state index contributed by atoms with van der Waals surface area (Å²) >= 11 is 13.6. The smallest absolute Gasteiger partial charge is 0.264 e. The third-order valence-electron chi connectivity index (χ3n) is 5.96. The molecule has 4 rings (SSSR count). The average Bonchev–Trinajstić information content (AvgIpc) is 3.18. The molecular weight excluding hydrogens is 525 g/mol. The molecule has 1 aliphatic heterocycles. The van der Waals surface area contributed by atoms with E-state index in [9.17, 15) is 14.9 Å². The summed E-state index contributed by atoms with van der Waals surface area (Å²) in [5.41, 5.74) is 3.33. The maximum Gasteiger partial charge on any atom is 0.264 e. The SMILES string of the molecule is CC(C)c1ccc(N2C(=O)C(Cc3cc(Cl)cc(Cl)c3)S/C2=C(/C#N)C(=O)NCc2ccccc2)cc1. The highest BCUT2D eigenvalue weighted by Gasteiger charge is 2.40. The predicted molar refractivity (Wildman–Crippen MR) is 150 cm³/mol. The van der Waals surface area contributed by atoms with Crippen molar-refractivity contribution >= 4 is 52.5 Å². The van der Waals surface area contributed by atoms with Gasteiger partial charge in [-0.3, -0.25) is 14.5 Å². The van der Waals surface area contributed by atoms with Crippen LogP contribution in [0.3, 0.4) is 0 Å². The van der Waals surface area contributed by atoms with Crippen LogP contribution in [0.4, 0.5) is 5.69 Å². The van der Waals surface area contributed by atoms with Gasteiger partial charge in [0.15, 0.2) is 0 Å². The lowest BCUT2D eigenvalue weighted by molar-refractivity contribution is -0.117. The van der Waals surface area contributed by atoms with E-state index >= 15 is 0 Å². The van der Waals surface area contributed by atoms with Crippen LogP contribution >= 0.6 is 35.0 Å². The number of hydrogen-bond acceptors (Lipinski definition) is 4. The number of benzene rings is 3. The highest BCUT2D eigenvalue weighted by atomic mass is 35.5. The number of carbonyl (C=O) groups is 2. The first-order valence-corrected chi connectivity index (χ1v) is 13.4. The van der Waals surface area contributed by atoms with E-state index in [2.05, 4.69) is 19.2 Å². The molecular formula is C29H25Cl2N3O2S. The van der Waals surface area contributed by atoms with Crippen LogP contribution in [0.1, 0.15) is 36.5 Å². The van der Waals surface area contributed by atoms with Crippen LogP contribution in [-0.4, -0.2) is 17.1 Å². The van der Waals surface area contributed by atoms with Crippen LogP contribution in [0.25, 0.3) is 0 Å². The molecule has 0 spiro atoms. The van der Waals surface area contributed by atoms with Gasteiger partial charge in [-0.05, 0) is 59.4 Å². The summed E-state index contributed by atoms with van der Waals surface area (Å²) in [7, 11) is 0. The number of halogens is 2. The fraction of sp³-hybridized carbons (Fsp3) is 0.207. The molecule has 1 heterocycles. The number of nitriles is 1. The van der Waals surface area contributed by atoms with Gasteiger partial charge in [-0.2, -0.15) is 5.26 Å². The van der Waals surface area contributed by atoms with Gasteiger partial charge in [-0.15, -0.1) is 0 Å². The second-order valence-corrected chi connectivity index (χ2v) is 11.0. The lowest BCUT2D eigenvalue weighted by Gasteiger charge is -2.19. The lowest BCUT2D eigenvalue weighted by atomic mass is 10.0. The van der Waals surface area contributed by atoms with E-state index in [0.717, 1.165) is 16.7 Å². The predicted octanol–water partition coefficient (Wildman–Crippen LogP) is 6.86. The van der Waals surface area contributed by atoms with Crippen molar-refractivity contribution in [3.05, 3.63) is 110 Å². The normalized spacial score (nSPS) is 16.6. The van der Waals surface area contributed by atoms with Crippen molar-refractivity contribution in [1.82, 2.24) is 5.32 Å². The van der Waals surface area contributed by atoms with E-state index in [0.29, 0.717) is 33.1 Å². The van der Waals surface area contributed by atoms with Crippen molar-refractivity contribution in [3.63, 3.8) is 0 Å². The van der Waals surface area contributed by atoms with Crippen LogP contribution in [0.15, 0.2) is 83.4 Å². The summed E-state index contributed by atoms with van der Waals surface area (Å²) in [4.78, 5) is 28.3. The first kappa shape index (κ1) is 26.8. The van der Waals surface area contributed by atoms with Crippen LogP contribution in [-0.2, 0) is 22.6 Å². The molecule has 1 saturated heterocycles. The van der Waals surface area contributed by atoms with Crippen LogP contribution in [0.5, 0.6) is 0 Å². The largest absolute Gasteiger partial charge is 0.347 e. The number of carbonyl (C=O) groups excluding carboxylic acids is 2. The Bertz CT molecular complexity index is 1360. The van der Waals surface area contributed by atoms with E-state index in [1.807, 2.05) is 60.7 Å². The zero-order valence-corrected chi connectivity index (χ0v) is 22.7. The number of rotatable bonds is 7. The maximum atomic E-state index is 13.7. The van der Waals surface area contributed by atoms with Gasteiger partial charge in [-0.1, -0.05) is 91.3 Å². The van der Waals surface area contributed by atoms with Crippen LogP contribution in [0, 0.1) is 11.3 Å². The Balaban J connectivity index is 1.69. The minimum Gasteiger partial charge on any atom is -0.347 e. The molecule has 1 N–H and O–H groups in total. The number of thioether (sulfide) groups is 1. The van der Waals surface area contributed by atoms with Crippen molar-refractivity contribution in [3.8, 4) is 6.07 Å². The third-order valence-corrected chi connectivity index (χ3v) is 7.66. The molecule has 0 radical (unpaired) electrons. The minimum absolute atomic E-state index is 0.103. The Morgan fingerprint density at radius 2 is 1.68 bits per heavy atom. The monoisotopic (exact) mass is 549 g/mol. The molecule has 3 aromatic carbocycles. The van der Waals surface area contributed by atoms with E-state index < -0.39 is 11.2 Å². The number of anilines is 1. The molecule has 0 bridgehead atoms. The topological polar surface area (TPSA) is 73.2 Å². The number of amides is 2. The summed E-state index contributed by atoms with van der Waals surface area (Å²) in [5.74, 6) is -0.416. The van der Waals surface area contributed by atoms with E-state index in [1.165, 1.54) is 16.7 Å². The molecule has 37 heavy (non-hydrogen) atoms. The molecule has 5 nitrogen and oxygen atoms in total. The van der Waals surface area contributed by atoms with Gasteiger partial charge in [0.1, 0.15) is 16.7 Å². The number of nitrogens with one attached hydrogen (secondary N) is 1. The van der Waals surface area contributed by atoms with E-state index in [1.54, 1.807) is 18.2 Å². The van der Waals surface area contributed by atoms with Gasteiger partial charge >= 0.3 is 0 Å². The van der Waals surface area contributed by atoms with Crippen LogP contribution < -0.4 is 10.2 Å². The fourth-order valence-corrected chi connectivity index (χ4v) is 5.92. The van der Waals surface area contributed by atoms with Gasteiger partial charge in [0.25, 0.3) is 5.91 Å². The first-order chi connectivity index (χ1) is 17.8. The molecule has 1 aliphatic rings. The number of hydrogen-bond donors (Lipinski definition) is 1. The molecule has 1 atom stereocenters. The minimum atomic E-state index is -0.556. The lowest BCUT2D eigenvalue weighted by Crippen LogP contribution is -2.32. The Morgan fingerprint density at radius 3 is 2.27 bits per heavy atom. The summed E-state index contributed by atoms with van der Waals surface area (Å²) in [6.07, 6.45) is 0.345. The summed E-state index contributed by atoms with van der Waals surface area (Å²) in [5, 5.41) is 13.5. The molecule has 0 aliphatic carbocycles. The molecule has 188 valence electrons. The average molecular weight is 551 g/mol. The molecule has 8 heteroatoms. The third kappa shape index (κ3) is 6.37. The summed E-state index contributed by atoms with van der Waals surface area (Å²) < 4.78 is 0. The van der Waals surface area contributed by atoms with Crippen molar-refractivity contribution in [2.45, 2.75) is 38.0 Å². The van der Waals surface area contributed by atoms with Crippen molar-refractivity contribution in [1.29, 1.82) is 5.26 Å². The zero-order chi connectivity index (χ0) is 26.5.